The van der Waals surface area contributed by atoms with Crippen molar-refractivity contribution < 1.29 is 4.57 Å². The molecule has 0 aromatic rings. The second-order valence-electron chi connectivity index (χ2n) is 3.93. The monoisotopic (exact) mass is 242 g/mol. The van der Waals surface area contributed by atoms with Gasteiger partial charge >= 0.3 is 0 Å². The van der Waals surface area contributed by atoms with E-state index in [4.69, 9.17) is 23.2 Å². The first kappa shape index (κ1) is 11.9. The van der Waals surface area contributed by atoms with Crippen LogP contribution in [0.4, 0.5) is 0 Å². The topological polar surface area (TPSA) is 17.1 Å². The van der Waals surface area contributed by atoms with Crippen LogP contribution in [0.5, 0.6) is 0 Å². The highest BCUT2D eigenvalue weighted by molar-refractivity contribution is 7.68. The van der Waals surface area contributed by atoms with Crippen LogP contribution in [0.1, 0.15) is 32.6 Å². The zero-order valence-electron chi connectivity index (χ0n) is 8.01. The molecule has 1 fully saturated rings. The van der Waals surface area contributed by atoms with E-state index in [9.17, 15) is 4.57 Å². The van der Waals surface area contributed by atoms with E-state index in [-0.39, 0.29) is 0 Å². The predicted molar refractivity (Wildman–Crippen MR) is 60.5 cm³/mol. The fourth-order valence-corrected chi connectivity index (χ4v) is 5.57. The van der Waals surface area contributed by atoms with Crippen LogP contribution in [0.15, 0.2) is 0 Å². The third kappa shape index (κ3) is 3.15. The predicted octanol–water partition coefficient (Wildman–Crippen LogP) is 4.32. The third-order valence-corrected chi connectivity index (χ3v) is 7.80. The maximum atomic E-state index is 12.0. The van der Waals surface area contributed by atoms with Gasteiger partial charge in [-0.2, -0.15) is 0 Å². The fraction of sp³-hybridized carbons (Fsp3) is 1.00. The summed E-state index contributed by atoms with van der Waals surface area (Å²) >= 11 is 11.5. The maximum Gasteiger partial charge on any atom is 0.160 e. The van der Waals surface area contributed by atoms with Crippen LogP contribution >= 0.6 is 30.3 Å². The van der Waals surface area contributed by atoms with Crippen LogP contribution in [0.2, 0.25) is 0 Å². The normalized spacial score (nSPS) is 34.3. The van der Waals surface area contributed by atoms with E-state index in [1.807, 2.05) is 0 Å². The molecule has 1 nitrogen and oxygen atoms in total. The van der Waals surface area contributed by atoms with E-state index in [0.717, 1.165) is 18.7 Å². The molecule has 4 heteroatoms. The van der Waals surface area contributed by atoms with Gasteiger partial charge in [0.25, 0.3) is 0 Å². The van der Waals surface area contributed by atoms with Crippen molar-refractivity contribution >= 4 is 30.3 Å². The van der Waals surface area contributed by atoms with Gasteiger partial charge in [0.05, 0.1) is 0 Å². The summed E-state index contributed by atoms with van der Waals surface area (Å²) in [4.78, 5) is 0. The van der Waals surface area contributed by atoms with Gasteiger partial charge in [-0.15, -0.1) is 0 Å². The van der Waals surface area contributed by atoms with Gasteiger partial charge in [-0.05, 0) is 18.8 Å². The minimum absolute atomic E-state index is 0.616. The van der Waals surface area contributed by atoms with E-state index in [1.54, 1.807) is 0 Å². The summed E-state index contributed by atoms with van der Waals surface area (Å²) < 4.78 is 11.4. The average Bonchev–Trinajstić information content (AvgIpc) is 2.45. The molecule has 0 spiro atoms. The molecule has 0 amide bonds. The number of unbranched alkanes of at least 4 members (excludes halogenated alkanes) is 1. The quantitative estimate of drug-likeness (QED) is 0.530. The molecule has 1 aliphatic rings. The van der Waals surface area contributed by atoms with Crippen molar-refractivity contribution in [2.75, 3.05) is 12.3 Å². The molecule has 0 aromatic heterocycles. The summed E-state index contributed by atoms with van der Waals surface area (Å²) in [5, 5.41) is 0. The minimum Gasteiger partial charge on any atom is -0.321 e. The van der Waals surface area contributed by atoms with Crippen LogP contribution in [-0.2, 0) is 4.57 Å². The van der Waals surface area contributed by atoms with Crippen LogP contribution in [0.25, 0.3) is 0 Å². The standard InChI is InChI=1S/C9H17Cl2OP/c1-2-3-4-8-5-6-13(12,7-8)9(10)11/h8-9H,2-7H2,1H3. The molecule has 13 heavy (non-hydrogen) atoms. The summed E-state index contributed by atoms with van der Waals surface area (Å²) in [5.74, 6) is 0.616. The maximum absolute atomic E-state index is 12.0. The number of halogens is 2. The van der Waals surface area contributed by atoms with Gasteiger partial charge < -0.3 is 4.57 Å². The van der Waals surface area contributed by atoms with Crippen LogP contribution in [0.3, 0.4) is 0 Å². The number of alkyl halides is 2. The Kier molecular flexibility index (Phi) is 4.62. The second kappa shape index (κ2) is 5.05. The lowest BCUT2D eigenvalue weighted by Crippen LogP contribution is -1.99. The van der Waals surface area contributed by atoms with Crippen LogP contribution < -0.4 is 0 Å². The first-order chi connectivity index (χ1) is 6.08. The molecule has 0 radical (unpaired) electrons. The van der Waals surface area contributed by atoms with Crippen LogP contribution in [-0.4, -0.2) is 16.9 Å². The van der Waals surface area contributed by atoms with Gasteiger partial charge in [0.2, 0.25) is 0 Å². The van der Waals surface area contributed by atoms with Gasteiger partial charge in [-0.25, -0.2) is 0 Å². The molecular formula is C9H17Cl2OP. The van der Waals surface area contributed by atoms with Crippen molar-refractivity contribution in [3.8, 4) is 0 Å². The lowest BCUT2D eigenvalue weighted by atomic mass is 10.0. The molecule has 1 heterocycles. The highest BCUT2D eigenvalue weighted by Crippen LogP contribution is 2.61. The van der Waals surface area contributed by atoms with Crippen molar-refractivity contribution in [3.63, 3.8) is 0 Å². The van der Waals surface area contributed by atoms with E-state index in [0.29, 0.717) is 5.92 Å². The smallest absolute Gasteiger partial charge is 0.160 e. The first-order valence-corrected chi connectivity index (χ1v) is 7.96. The lowest BCUT2D eigenvalue weighted by Gasteiger charge is -2.12. The molecule has 0 aromatic carbocycles. The average molecular weight is 243 g/mol. The Balaban J connectivity index is 2.39. The molecule has 1 rings (SSSR count). The first-order valence-electron chi connectivity index (χ1n) is 4.94. The molecule has 0 bridgehead atoms. The summed E-state index contributed by atoms with van der Waals surface area (Å²) in [6.07, 6.45) is 6.25. The van der Waals surface area contributed by atoms with Crippen molar-refractivity contribution in [2.24, 2.45) is 5.92 Å². The van der Waals surface area contributed by atoms with Crippen molar-refractivity contribution in [3.05, 3.63) is 0 Å². The third-order valence-electron chi connectivity index (χ3n) is 2.80. The molecule has 2 unspecified atom stereocenters. The van der Waals surface area contributed by atoms with Gasteiger partial charge in [0.15, 0.2) is 4.58 Å². The molecule has 1 aliphatic heterocycles. The summed E-state index contributed by atoms with van der Waals surface area (Å²) in [7, 11) is -2.21. The van der Waals surface area contributed by atoms with E-state index >= 15 is 0 Å². The Bertz CT molecular complexity index is 206. The molecule has 1 saturated heterocycles. The van der Waals surface area contributed by atoms with E-state index in [2.05, 4.69) is 6.92 Å². The summed E-state index contributed by atoms with van der Waals surface area (Å²) in [6, 6.07) is 0. The Labute approximate surface area is 90.5 Å². The highest BCUT2D eigenvalue weighted by atomic mass is 35.5. The zero-order valence-corrected chi connectivity index (χ0v) is 10.4. The molecule has 0 aliphatic carbocycles. The Morgan fingerprint density at radius 3 is 2.69 bits per heavy atom. The lowest BCUT2D eigenvalue weighted by molar-refractivity contribution is 0.514. The molecule has 0 saturated carbocycles. The van der Waals surface area contributed by atoms with Gasteiger partial charge in [0, 0.05) is 12.3 Å². The summed E-state index contributed by atoms with van der Waals surface area (Å²) in [6.45, 7) is 2.18. The Morgan fingerprint density at radius 2 is 2.23 bits per heavy atom. The molecule has 78 valence electrons. The second-order valence-corrected chi connectivity index (χ2v) is 8.87. The van der Waals surface area contributed by atoms with Gasteiger partial charge in [-0.1, -0.05) is 43.0 Å². The molecule has 0 N–H and O–H groups in total. The number of hydrogen-bond donors (Lipinski definition) is 0. The van der Waals surface area contributed by atoms with Crippen molar-refractivity contribution in [1.82, 2.24) is 0 Å². The Hall–Kier alpha value is 0.810. The van der Waals surface area contributed by atoms with E-state index < -0.39 is 11.7 Å². The highest BCUT2D eigenvalue weighted by Gasteiger charge is 2.38. The fourth-order valence-electron chi connectivity index (χ4n) is 1.93. The zero-order chi connectivity index (χ0) is 9.90. The molecule has 2 atom stereocenters. The SMILES string of the molecule is CCCCC1CCP(=O)(C(Cl)Cl)C1. The largest absolute Gasteiger partial charge is 0.321 e. The minimum atomic E-state index is -2.21. The number of rotatable bonds is 4. The Morgan fingerprint density at radius 1 is 1.54 bits per heavy atom. The van der Waals surface area contributed by atoms with Crippen LogP contribution in [0, 0.1) is 5.92 Å². The van der Waals surface area contributed by atoms with Gasteiger partial charge in [-0.3, -0.25) is 0 Å². The van der Waals surface area contributed by atoms with Gasteiger partial charge in [0.1, 0.15) is 7.14 Å². The number of hydrogen-bond acceptors (Lipinski definition) is 1. The van der Waals surface area contributed by atoms with Crippen molar-refractivity contribution in [1.29, 1.82) is 0 Å². The van der Waals surface area contributed by atoms with Crippen molar-refractivity contribution in [2.45, 2.75) is 37.2 Å². The van der Waals surface area contributed by atoms with E-state index in [1.165, 1.54) is 19.3 Å². The molecular weight excluding hydrogens is 226 g/mol. The summed E-state index contributed by atoms with van der Waals surface area (Å²) in [5.41, 5.74) is 0.